The van der Waals surface area contributed by atoms with E-state index in [1.807, 2.05) is 18.2 Å². The van der Waals surface area contributed by atoms with Crippen LogP contribution < -0.4 is 0 Å². The average molecular weight is 337 g/mol. The lowest BCUT2D eigenvalue weighted by Crippen LogP contribution is -2.38. The fourth-order valence-corrected chi connectivity index (χ4v) is 5.37. The Morgan fingerprint density at radius 1 is 1.04 bits per heavy atom. The Balaban J connectivity index is 2.80. The summed E-state index contributed by atoms with van der Waals surface area (Å²) in [7, 11) is -0.117. The minimum atomic E-state index is -1.76. The predicted molar refractivity (Wildman–Crippen MR) is 98.8 cm³/mol. The zero-order valence-electron chi connectivity index (χ0n) is 15.3. The molecule has 0 bridgehead atoms. The summed E-state index contributed by atoms with van der Waals surface area (Å²) in [4.78, 5) is 0. The molecule has 0 radical (unpaired) electrons. The number of hydrogen-bond acceptors (Lipinski definition) is 3. The van der Waals surface area contributed by atoms with Crippen LogP contribution in [0.1, 0.15) is 45.8 Å². The summed E-state index contributed by atoms with van der Waals surface area (Å²) in [6, 6.07) is 13.4. The fourth-order valence-electron chi connectivity index (χ4n) is 2.78. The highest BCUT2D eigenvalue weighted by atomic mass is 28.4. The molecule has 0 amide bonds. The van der Waals surface area contributed by atoms with Gasteiger partial charge >= 0.3 is 0 Å². The molecule has 0 aliphatic heterocycles. The van der Waals surface area contributed by atoms with Gasteiger partial charge in [-0.3, -0.25) is 0 Å². The molecule has 0 N–H and O–H groups in total. The molecule has 0 aromatic heterocycles. The first-order chi connectivity index (χ1) is 11.1. The van der Waals surface area contributed by atoms with Gasteiger partial charge in [-0.15, -0.1) is 0 Å². The van der Waals surface area contributed by atoms with Crippen LogP contribution in [-0.2, 0) is 13.9 Å². The van der Waals surface area contributed by atoms with Crippen molar-refractivity contribution in [2.45, 2.75) is 64.6 Å². The van der Waals surface area contributed by atoms with Crippen LogP contribution in [0.15, 0.2) is 42.7 Å². The molecule has 0 fully saturated rings. The molecule has 1 aromatic rings. The maximum Gasteiger partial charge on any atom is 0.250 e. The molecule has 130 valence electrons. The third kappa shape index (κ3) is 5.48. The number of methoxy groups -OCH3 is 1. The van der Waals surface area contributed by atoms with Crippen molar-refractivity contribution >= 4 is 8.32 Å². The zero-order chi connectivity index (χ0) is 17.3. The van der Waals surface area contributed by atoms with Crippen molar-refractivity contribution < 1.29 is 13.9 Å². The van der Waals surface area contributed by atoms with E-state index in [0.717, 1.165) is 30.1 Å². The van der Waals surface area contributed by atoms with Crippen molar-refractivity contribution in [3.8, 4) is 0 Å². The molecule has 0 saturated heterocycles. The van der Waals surface area contributed by atoms with Crippen LogP contribution in [0.3, 0.4) is 0 Å². The average Bonchev–Trinajstić information content (AvgIpc) is 2.61. The zero-order valence-corrected chi connectivity index (χ0v) is 16.3. The van der Waals surface area contributed by atoms with Gasteiger partial charge in [0, 0.05) is 7.11 Å². The summed E-state index contributed by atoms with van der Waals surface area (Å²) >= 11 is 0. The predicted octanol–water partition coefficient (Wildman–Crippen LogP) is 5.66. The van der Waals surface area contributed by atoms with E-state index < -0.39 is 14.6 Å². The van der Waals surface area contributed by atoms with E-state index in [0.29, 0.717) is 5.76 Å². The first-order valence-corrected chi connectivity index (χ1v) is 11.2. The summed E-state index contributed by atoms with van der Waals surface area (Å²) in [6.07, 6.45) is 0.314. The van der Waals surface area contributed by atoms with Crippen LogP contribution >= 0.6 is 0 Å². The summed E-state index contributed by atoms with van der Waals surface area (Å²) < 4.78 is 18.0. The summed E-state index contributed by atoms with van der Waals surface area (Å²) in [6.45, 7) is 12.8. The lowest BCUT2D eigenvalue weighted by Gasteiger charge is -2.33. The molecular formula is C19H32O3Si. The van der Waals surface area contributed by atoms with Gasteiger partial charge in [0.25, 0.3) is 0 Å². The van der Waals surface area contributed by atoms with Gasteiger partial charge in [0.15, 0.2) is 0 Å². The van der Waals surface area contributed by atoms with Gasteiger partial charge in [-0.1, -0.05) is 64.6 Å². The smallest absolute Gasteiger partial charge is 0.250 e. The molecule has 0 aliphatic carbocycles. The van der Waals surface area contributed by atoms with E-state index in [9.17, 15) is 0 Å². The Kier molecular flexibility index (Phi) is 8.59. The summed E-state index contributed by atoms with van der Waals surface area (Å²) in [5, 5.41) is 0. The first kappa shape index (κ1) is 19.9. The fraction of sp³-hybridized carbons (Fsp3) is 0.579. The van der Waals surface area contributed by atoms with Gasteiger partial charge in [-0.05, 0) is 30.1 Å². The molecule has 4 heteroatoms. The number of hydrogen-bond donors (Lipinski definition) is 0. The van der Waals surface area contributed by atoms with Crippen LogP contribution in [0.2, 0.25) is 18.1 Å². The quantitative estimate of drug-likeness (QED) is 0.296. The molecular weight excluding hydrogens is 304 g/mol. The minimum Gasteiger partial charge on any atom is -0.543 e. The van der Waals surface area contributed by atoms with Crippen LogP contribution in [-0.4, -0.2) is 21.7 Å². The molecule has 2 unspecified atom stereocenters. The van der Waals surface area contributed by atoms with E-state index in [1.54, 1.807) is 7.11 Å². The third-order valence-corrected chi connectivity index (χ3v) is 9.15. The van der Waals surface area contributed by atoms with E-state index in [-0.39, 0.29) is 6.10 Å². The summed E-state index contributed by atoms with van der Waals surface area (Å²) in [5.41, 5.74) is 1.15. The molecule has 0 aliphatic rings. The molecule has 1 rings (SSSR count). The summed E-state index contributed by atoms with van der Waals surface area (Å²) in [5.74, 6) is 0.610. The second-order valence-corrected chi connectivity index (χ2v) is 10.5. The van der Waals surface area contributed by atoms with Crippen molar-refractivity contribution in [1.29, 1.82) is 0 Å². The Labute approximate surface area is 142 Å². The molecule has 1 aromatic carbocycles. The van der Waals surface area contributed by atoms with Gasteiger partial charge in [-0.25, -0.2) is 0 Å². The molecule has 0 spiro atoms. The highest BCUT2D eigenvalue weighted by Crippen LogP contribution is 2.29. The van der Waals surface area contributed by atoms with E-state index in [4.69, 9.17) is 13.9 Å². The second kappa shape index (κ2) is 9.91. The van der Waals surface area contributed by atoms with Crippen LogP contribution in [0, 0.1) is 0 Å². The van der Waals surface area contributed by atoms with Crippen molar-refractivity contribution in [3.05, 3.63) is 48.2 Å². The van der Waals surface area contributed by atoms with Gasteiger partial charge in [0.1, 0.15) is 5.76 Å². The lowest BCUT2D eigenvalue weighted by molar-refractivity contribution is -0.149. The monoisotopic (exact) mass is 336 g/mol. The highest BCUT2D eigenvalue weighted by Gasteiger charge is 2.33. The lowest BCUT2D eigenvalue weighted by atomic mass is 10.1. The van der Waals surface area contributed by atoms with E-state index >= 15 is 0 Å². The number of rotatable bonds is 11. The normalized spacial score (nSPS) is 14.3. The second-order valence-electron chi connectivity index (χ2n) is 5.82. The highest BCUT2D eigenvalue weighted by molar-refractivity contribution is 6.73. The van der Waals surface area contributed by atoms with E-state index in [1.165, 1.54) is 0 Å². The van der Waals surface area contributed by atoms with Gasteiger partial charge in [0.05, 0.1) is 6.10 Å². The molecule has 23 heavy (non-hydrogen) atoms. The SMILES string of the molecule is C=C(O[Si](CC)(CC)CC)C(OC)OC(CC)c1ccccc1. The molecule has 3 nitrogen and oxygen atoms in total. The third-order valence-electron chi connectivity index (χ3n) is 4.59. The van der Waals surface area contributed by atoms with E-state index in [2.05, 4.69) is 46.4 Å². The Morgan fingerprint density at radius 2 is 1.61 bits per heavy atom. The van der Waals surface area contributed by atoms with Crippen molar-refractivity contribution in [3.63, 3.8) is 0 Å². The maximum absolute atomic E-state index is 6.31. The van der Waals surface area contributed by atoms with Gasteiger partial charge < -0.3 is 13.9 Å². The number of benzene rings is 1. The first-order valence-electron chi connectivity index (χ1n) is 8.66. The van der Waals surface area contributed by atoms with Crippen molar-refractivity contribution in [2.24, 2.45) is 0 Å². The van der Waals surface area contributed by atoms with Gasteiger partial charge in [0.2, 0.25) is 14.6 Å². The Morgan fingerprint density at radius 3 is 2.04 bits per heavy atom. The van der Waals surface area contributed by atoms with Crippen LogP contribution in [0.5, 0.6) is 0 Å². The minimum absolute atomic E-state index is 0.0255. The largest absolute Gasteiger partial charge is 0.543 e. The standard InChI is InChI=1S/C19H32O3Si/c1-7-18(17-14-12-11-13-15-17)21-19(20-6)16(5)22-23(8-2,9-3)10-4/h11-15,18-19H,5,7-10H2,1-4,6H3. The van der Waals surface area contributed by atoms with Crippen molar-refractivity contribution in [2.75, 3.05) is 7.11 Å². The Hall–Kier alpha value is -1.10. The Bertz CT molecular complexity index is 449. The molecule has 0 saturated carbocycles. The maximum atomic E-state index is 6.31. The molecule has 2 atom stereocenters. The number of ether oxygens (including phenoxy) is 2. The topological polar surface area (TPSA) is 27.7 Å². The molecule has 0 heterocycles. The van der Waals surface area contributed by atoms with Gasteiger partial charge in [-0.2, -0.15) is 0 Å². The van der Waals surface area contributed by atoms with Crippen LogP contribution in [0.25, 0.3) is 0 Å². The van der Waals surface area contributed by atoms with Crippen LogP contribution in [0.4, 0.5) is 0 Å². The van der Waals surface area contributed by atoms with Crippen molar-refractivity contribution in [1.82, 2.24) is 0 Å².